The molecule has 0 radical (unpaired) electrons. The van der Waals surface area contributed by atoms with Gasteiger partial charge >= 0.3 is 5.97 Å². The van der Waals surface area contributed by atoms with Crippen LogP contribution in [0.25, 0.3) is 0 Å². The smallest absolute Gasteiger partial charge is 0.306 e. The Bertz CT molecular complexity index is 519. The first-order valence-electron chi connectivity index (χ1n) is 7.29. The van der Waals surface area contributed by atoms with E-state index in [2.05, 4.69) is 5.32 Å². The van der Waals surface area contributed by atoms with Gasteiger partial charge in [-0.25, -0.2) is 8.42 Å². The van der Waals surface area contributed by atoms with Gasteiger partial charge in [0.15, 0.2) is 0 Å². The van der Waals surface area contributed by atoms with Crippen LogP contribution in [0.5, 0.6) is 0 Å². The minimum absolute atomic E-state index is 0.165. The fourth-order valence-electron chi connectivity index (χ4n) is 3.20. The molecule has 1 heterocycles. The summed E-state index contributed by atoms with van der Waals surface area (Å²) in [5.41, 5.74) is 0. The van der Waals surface area contributed by atoms with Gasteiger partial charge in [0, 0.05) is 12.6 Å². The average molecular weight is 318 g/mol. The van der Waals surface area contributed by atoms with E-state index in [1.807, 2.05) is 0 Å². The van der Waals surface area contributed by atoms with Crippen molar-refractivity contribution in [1.82, 2.24) is 9.62 Å². The van der Waals surface area contributed by atoms with Crippen LogP contribution in [-0.2, 0) is 19.6 Å². The fraction of sp³-hybridized carbons (Fsp3) is 0.846. The third kappa shape index (κ3) is 3.94. The van der Waals surface area contributed by atoms with E-state index < -0.39 is 28.0 Å². The van der Waals surface area contributed by atoms with E-state index in [9.17, 15) is 18.0 Å². The second kappa shape index (κ2) is 6.31. The molecule has 7 nitrogen and oxygen atoms in total. The lowest BCUT2D eigenvalue weighted by molar-refractivity contribution is -0.141. The van der Waals surface area contributed by atoms with Crippen LogP contribution < -0.4 is 5.32 Å². The lowest BCUT2D eigenvalue weighted by Crippen LogP contribution is -2.53. The molecule has 2 aliphatic rings. The van der Waals surface area contributed by atoms with Crippen molar-refractivity contribution in [3.8, 4) is 0 Å². The molecule has 2 rings (SSSR count). The molecule has 0 aromatic rings. The highest BCUT2D eigenvalue weighted by Crippen LogP contribution is 2.27. The van der Waals surface area contributed by atoms with Crippen LogP contribution in [-0.4, -0.2) is 54.6 Å². The molecule has 21 heavy (non-hydrogen) atoms. The number of sulfonamides is 1. The molecule has 2 N–H and O–H groups in total. The van der Waals surface area contributed by atoms with Gasteiger partial charge in [0.25, 0.3) is 0 Å². The number of piperidine rings is 1. The Kier molecular flexibility index (Phi) is 4.88. The van der Waals surface area contributed by atoms with Gasteiger partial charge in [-0.15, -0.1) is 0 Å². The zero-order valence-electron chi connectivity index (χ0n) is 12.1. The molecule has 0 aromatic carbocycles. The van der Waals surface area contributed by atoms with Crippen LogP contribution >= 0.6 is 0 Å². The molecule has 3 unspecified atom stereocenters. The third-order valence-corrected chi connectivity index (χ3v) is 5.60. The Morgan fingerprint density at radius 2 is 1.90 bits per heavy atom. The highest BCUT2D eigenvalue weighted by Gasteiger charge is 2.37. The maximum Gasteiger partial charge on any atom is 0.306 e. The predicted octanol–water partition coefficient (Wildman–Crippen LogP) is 0.170. The lowest BCUT2D eigenvalue weighted by Gasteiger charge is -2.33. The maximum absolute atomic E-state index is 12.3. The number of carbonyl (C=O) groups is 2. The molecule has 0 spiro atoms. The Balaban J connectivity index is 1.97. The van der Waals surface area contributed by atoms with E-state index in [-0.39, 0.29) is 11.9 Å². The van der Waals surface area contributed by atoms with Gasteiger partial charge in [0.05, 0.1) is 12.2 Å². The SMILES string of the molecule is CS(=O)(=O)N1CCCCC1C(=O)NC1CCC(C(=O)O)C1. The van der Waals surface area contributed by atoms with Crippen LogP contribution in [0, 0.1) is 5.92 Å². The van der Waals surface area contributed by atoms with Gasteiger partial charge < -0.3 is 10.4 Å². The molecule has 3 atom stereocenters. The van der Waals surface area contributed by atoms with Gasteiger partial charge in [-0.1, -0.05) is 6.42 Å². The number of nitrogens with one attached hydrogen (secondary N) is 1. The van der Waals surface area contributed by atoms with Gasteiger partial charge in [0.1, 0.15) is 6.04 Å². The van der Waals surface area contributed by atoms with E-state index in [1.165, 1.54) is 4.31 Å². The van der Waals surface area contributed by atoms with E-state index in [0.717, 1.165) is 19.1 Å². The predicted molar refractivity (Wildman–Crippen MR) is 76.1 cm³/mol. The quantitative estimate of drug-likeness (QED) is 0.769. The number of aliphatic carboxylic acids is 1. The van der Waals surface area contributed by atoms with Crippen molar-refractivity contribution in [1.29, 1.82) is 0 Å². The van der Waals surface area contributed by atoms with Gasteiger partial charge in [-0.2, -0.15) is 4.31 Å². The van der Waals surface area contributed by atoms with Gasteiger partial charge in [-0.3, -0.25) is 9.59 Å². The summed E-state index contributed by atoms with van der Waals surface area (Å²) in [6.07, 6.45) is 4.85. The van der Waals surface area contributed by atoms with Crippen molar-refractivity contribution in [2.24, 2.45) is 5.92 Å². The summed E-state index contributed by atoms with van der Waals surface area (Å²) < 4.78 is 24.8. The normalized spacial score (nSPS) is 31.0. The highest BCUT2D eigenvalue weighted by molar-refractivity contribution is 7.88. The molecule has 1 saturated carbocycles. The number of hydrogen-bond acceptors (Lipinski definition) is 4. The maximum atomic E-state index is 12.3. The van der Waals surface area contributed by atoms with Crippen LogP contribution in [0.4, 0.5) is 0 Å². The average Bonchev–Trinajstić information content (AvgIpc) is 2.86. The first kappa shape index (κ1) is 16.2. The van der Waals surface area contributed by atoms with Crippen molar-refractivity contribution < 1.29 is 23.1 Å². The van der Waals surface area contributed by atoms with E-state index in [1.54, 1.807) is 0 Å². The highest BCUT2D eigenvalue weighted by atomic mass is 32.2. The van der Waals surface area contributed by atoms with Crippen molar-refractivity contribution in [2.75, 3.05) is 12.8 Å². The number of carboxylic acids is 1. The zero-order valence-corrected chi connectivity index (χ0v) is 12.9. The number of nitrogens with zero attached hydrogens (tertiary/aromatic N) is 1. The van der Waals surface area contributed by atoms with Crippen LogP contribution in [0.2, 0.25) is 0 Å². The lowest BCUT2D eigenvalue weighted by atomic mass is 10.0. The van der Waals surface area contributed by atoms with E-state index >= 15 is 0 Å². The largest absolute Gasteiger partial charge is 0.481 e. The molecule has 8 heteroatoms. The molecule has 0 bridgehead atoms. The molecule has 1 amide bonds. The van der Waals surface area contributed by atoms with E-state index in [4.69, 9.17) is 5.11 Å². The molecular weight excluding hydrogens is 296 g/mol. The van der Waals surface area contributed by atoms with Crippen molar-refractivity contribution in [2.45, 2.75) is 50.6 Å². The molecule has 1 saturated heterocycles. The van der Waals surface area contributed by atoms with E-state index in [0.29, 0.717) is 32.2 Å². The number of carbonyl (C=O) groups excluding carboxylic acids is 1. The summed E-state index contributed by atoms with van der Waals surface area (Å²) in [5, 5.41) is 11.8. The molecule has 1 aliphatic carbocycles. The summed E-state index contributed by atoms with van der Waals surface area (Å²) >= 11 is 0. The van der Waals surface area contributed by atoms with Crippen molar-refractivity contribution in [3.05, 3.63) is 0 Å². The second-order valence-corrected chi connectivity index (χ2v) is 7.87. The minimum Gasteiger partial charge on any atom is -0.481 e. The Labute approximate surface area is 124 Å². The zero-order chi connectivity index (χ0) is 15.6. The first-order chi connectivity index (χ1) is 9.79. The molecule has 120 valence electrons. The van der Waals surface area contributed by atoms with Gasteiger partial charge in [0.2, 0.25) is 15.9 Å². The van der Waals surface area contributed by atoms with Crippen LogP contribution in [0.1, 0.15) is 38.5 Å². The van der Waals surface area contributed by atoms with Crippen molar-refractivity contribution in [3.63, 3.8) is 0 Å². The summed E-state index contributed by atoms with van der Waals surface area (Å²) in [5.74, 6) is -1.54. The number of hydrogen-bond donors (Lipinski definition) is 2. The van der Waals surface area contributed by atoms with Gasteiger partial charge in [-0.05, 0) is 32.1 Å². The third-order valence-electron chi connectivity index (χ3n) is 4.31. The first-order valence-corrected chi connectivity index (χ1v) is 9.14. The monoisotopic (exact) mass is 318 g/mol. The topological polar surface area (TPSA) is 104 Å². The Morgan fingerprint density at radius 3 is 2.48 bits per heavy atom. The molecule has 2 fully saturated rings. The second-order valence-electron chi connectivity index (χ2n) is 5.94. The molecule has 0 aromatic heterocycles. The number of amides is 1. The molecular formula is C13H22N2O5S. The minimum atomic E-state index is -3.40. The summed E-state index contributed by atoms with van der Waals surface area (Å²) in [7, 11) is -3.40. The summed E-state index contributed by atoms with van der Waals surface area (Å²) in [4.78, 5) is 23.2. The fourth-order valence-corrected chi connectivity index (χ4v) is 4.32. The summed E-state index contributed by atoms with van der Waals surface area (Å²) in [6, 6.07) is -0.820. The Hall–Kier alpha value is -1.15. The van der Waals surface area contributed by atoms with Crippen molar-refractivity contribution >= 4 is 21.9 Å². The van der Waals surface area contributed by atoms with Crippen LogP contribution in [0.15, 0.2) is 0 Å². The Morgan fingerprint density at radius 1 is 1.19 bits per heavy atom. The summed E-state index contributed by atoms with van der Waals surface area (Å²) in [6.45, 7) is 0.374. The number of rotatable bonds is 4. The standard InChI is InChI=1S/C13H22N2O5S/c1-21(19,20)15-7-3-2-4-11(15)12(16)14-10-6-5-9(8-10)13(17)18/h9-11H,2-8H2,1H3,(H,14,16)(H,17,18). The van der Waals surface area contributed by atoms with Crippen LogP contribution in [0.3, 0.4) is 0 Å². The number of carboxylic acid groups (broad SMARTS) is 1. The molecule has 1 aliphatic heterocycles.